The van der Waals surface area contributed by atoms with Crippen molar-refractivity contribution in [3.05, 3.63) is 45.0 Å². The van der Waals surface area contributed by atoms with Gasteiger partial charge in [-0.3, -0.25) is 0 Å². The van der Waals surface area contributed by atoms with Gasteiger partial charge < -0.3 is 0 Å². The van der Waals surface area contributed by atoms with Gasteiger partial charge in [0.05, 0.1) is 9.40 Å². The molecule has 118 valence electrons. The fourth-order valence-corrected chi connectivity index (χ4v) is 6.73. The summed E-state index contributed by atoms with van der Waals surface area (Å²) in [5.41, 5.74) is 10.1. The molecule has 0 aliphatic heterocycles. The third-order valence-corrected chi connectivity index (χ3v) is 8.63. The molecule has 0 fully saturated rings. The van der Waals surface area contributed by atoms with E-state index >= 15 is 0 Å². The van der Waals surface area contributed by atoms with Crippen LogP contribution < -0.4 is 0 Å². The number of benzene rings is 2. The van der Waals surface area contributed by atoms with Crippen molar-refractivity contribution in [3.8, 4) is 0 Å². The highest BCUT2D eigenvalue weighted by Gasteiger charge is 2.19. The highest BCUT2D eigenvalue weighted by atomic mass is 32.1. The van der Waals surface area contributed by atoms with Gasteiger partial charge in [-0.15, -0.1) is 22.7 Å². The molecule has 23 heavy (non-hydrogen) atoms. The summed E-state index contributed by atoms with van der Waals surface area (Å²) in [5, 5.41) is 2.96. The van der Waals surface area contributed by atoms with Crippen LogP contribution in [0.2, 0.25) is 0 Å². The predicted molar refractivity (Wildman–Crippen MR) is 108 cm³/mol. The smallest absolute Gasteiger partial charge is 0.0545 e. The average molecular weight is 339 g/mol. The van der Waals surface area contributed by atoms with Crippen LogP contribution in [0.5, 0.6) is 0 Å². The maximum absolute atomic E-state index is 2.40. The van der Waals surface area contributed by atoms with Crippen LogP contribution in [0.15, 0.2) is 6.07 Å². The van der Waals surface area contributed by atoms with Crippen LogP contribution >= 0.6 is 22.7 Å². The molecule has 0 N–H and O–H groups in total. The van der Waals surface area contributed by atoms with Crippen LogP contribution in [0, 0.1) is 48.5 Å². The molecule has 0 bridgehead atoms. The summed E-state index contributed by atoms with van der Waals surface area (Å²) in [6, 6.07) is 2.40. The van der Waals surface area contributed by atoms with Gasteiger partial charge in [-0.25, -0.2) is 0 Å². The molecule has 0 saturated carbocycles. The minimum Gasteiger partial charge on any atom is -0.133 e. The molecular formula is C21H22S2. The lowest BCUT2D eigenvalue weighted by atomic mass is 9.96. The highest BCUT2D eigenvalue weighted by molar-refractivity contribution is 7.36. The van der Waals surface area contributed by atoms with Crippen LogP contribution in [0.4, 0.5) is 0 Å². The van der Waals surface area contributed by atoms with E-state index in [0.717, 1.165) is 0 Å². The Labute approximate surface area is 145 Å². The number of aryl methyl sites for hydroxylation is 4. The molecule has 0 nitrogen and oxygen atoms in total. The predicted octanol–water partition coefficient (Wildman–Crippen LogP) is 7.43. The van der Waals surface area contributed by atoms with E-state index in [9.17, 15) is 0 Å². The second kappa shape index (κ2) is 4.81. The van der Waals surface area contributed by atoms with Crippen LogP contribution in [0.3, 0.4) is 0 Å². The van der Waals surface area contributed by atoms with E-state index in [4.69, 9.17) is 0 Å². The fraction of sp³-hybridized carbons (Fsp3) is 0.333. The molecule has 0 amide bonds. The van der Waals surface area contributed by atoms with Crippen LogP contribution in [0.1, 0.15) is 38.9 Å². The summed E-state index contributed by atoms with van der Waals surface area (Å²) in [6.45, 7) is 15.9. The first-order valence-electron chi connectivity index (χ1n) is 8.14. The van der Waals surface area contributed by atoms with E-state index in [1.165, 1.54) is 68.5 Å². The first-order valence-corrected chi connectivity index (χ1v) is 9.78. The summed E-state index contributed by atoms with van der Waals surface area (Å²) < 4.78 is 5.95. The van der Waals surface area contributed by atoms with Crippen molar-refractivity contribution in [2.45, 2.75) is 48.5 Å². The van der Waals surface area contributed by atoms with Gasteiger partial charge in [-0.05, 0) is 93.5 Å². The summed E-state index contributed by atoms with van der Waals surface area (Å²) in [7, 11) is 0. The zero-order chi connectivity index (χ0) is 16.6. The number of thiophene rings is 2. The number of fused-ring (bicyclic) bond motifs is 5. The molecule has 4 aromatic rings. The number of rotatable bonds is 0. The average Bonchev–Trinajstić information content (AvgIpc) is 3.05. The van der Waals surface area contributed by atoms with E-state index in [-0.39, 0.29) is 0 Å². The molecule has 0 unspecified atom stereocenters. The van der Waals surface area contributed by atoms with Crippen LogP contribution in [0.25, 0.3) is 29.6 Å². The van der Waals surface area contributed by atoms with Crippen molar-refractivity contribution < 1.29 is 0 Å². The maximum Gasteiger partial charge on any atom is 0.0545 e. The molecule has 2 aromatic heterocycles. The summed E-state index contributed by atoms with van der Waals surface area (Å²) in [6.07, 6.45) is 0. The molecule has 4 rings (SSSR count). The third-order valence-electron chi connectivity index (χ3n) is 5.82. The van der Waals surface area contributed by atoms with E-state index in [1.54, 1.807) is 0 Å². The zero-order valence-corrected chi connectivity index (χ0v) is 16.5. The Morgan fingerprint density at radius 1 is 0.522 bits per heavy atom. The number of hydrogen-bond acceptors (Lipinski definition) is 2. The Morgan fingerprint density at radius 2 is 1.09 bits per heavy atom. The Bertz CT molecular complexity index is 1120. The van der Waals surface area contributed by atoms with Gasteiger partial charge in [-0.2, -0.15) is 0 Å². The molecule has 0 aliphatic rings. The first kappa shape index (κ1) is 15.2. The SMILES string of the molecule is Cc1cc2c(sc3c2sc2c(C)c(C)c(C)c(C)c23)c(C)c1C. The van der Waals surface area contributed by atoms with Crippen molar-refractivity contribution in [1.29, 1.82) is 0 Å². The lowest BCUT2D eigenvalue weighted by molar-refractivity contribution is 1.26. The van der Waals surface area contributed by atoms with Crippen molar-refractivity contribution in [2.75, 3.05) is 0 Å². The Balaban J connectivity index is 2.31. The monoisotopic (exact) mass is 338 g/mol. The van der Waals surface area contributed by atoms with Crippen molar-refractivity contribution in [1.82, 2.24) is 0 Å². The zero-order valence-electron chi connectivity index (χ0n) is 14.9. The minimum atomic E-state index is 1.41. The second-order valence-corrected chi connectivity index (χ2v) is 8.93. The quantitative estimate of drug-likeness (QED) is 0.313. The molecule has 2 heterocycles. The molecule has 2 heteroatoms. The van der Waals surface area contributed by atoms with Crippen molar-refractivity contribution in [2.24, 2.45) is 0 Å². The van der Waals surface area contributed by atoms with Gasteiger partial charge in [0.1, 0.15) is 0 Å². The summed E-state index contributed by atoms with van der Waals surface area (Å²) in [4.78, 5) is 0. The Kier molecular flexibility index (Phi) is 3.17. The molecule has 0 radical (unpaired) electrons. The third kappa shape index (κ3) is 1.82. The fourth-order valence-electron chi connectivity index (χ4n) is 3.68. The molecule has 0 saturated heterocycles. The maximum atomic E-state index is 2.40. The normalized spacial score (nSPS) is 12.1. The largest absolute Gasteiger partial charge is 0.133 e. The summed E-state index contributed by atoms with van der Waals surface area (Å²) in [5.74, 6) is 0. The van der Waals surface area contributed by atoms with Gasteiger partial charge in [0, 0.05) is 20.2 Å². The second-order valence-electron chi connectivity index (χ2n) is 6.89. The highest BCUT2D eigenvalue weighted by Crippen LogP contribution is 2.48. The van der Waals surface area contributed by atoms with Crippen LogP contribution in [-0.2, 0) is 0 Å². The Hall–Kier alpha value is -1.38. The van der Waals surface area contributed by atoms with Gasteiger partial charge >= 0.3 is 0 Å². The standard InChI is InChI=1S/C21H22S2/c1-9-8-16-18(14(6)10(9)2)22-21-17-13(5)11(3)12(4)15(7)19(17)23-20(16)21/h8H,1-7H3. The topological polar surface area (TPSA) is 0 Å². The summed E-state index contributed by atoms with van der Waals surface area (Å²) >= 11 is 3.99. The number of hydrogen-bond donors (Lipinski definition) is 0. The first-order chi connectivity index (χ1) is 10.8. The molecule has 0 atom stereocenters. The lowest BCUT2D eigenvalue weighted by Gasteiger charge is -2.10. The van der Waals surface area contributed by atoms with Gasteiger partial charge in [0.15, 0.2) is 0 Å². The lowest BCUT2D eigenvalue weighted by Crippen LogP contribution is -1.91. The van der Waals surface area contributed by atoms with Gasteiger partial charge in [0.2, 0.25) is 0 Å². The molecular weight excluding hydrogens is 316 g/mol. The Morgan fingerprint density at radius 3 is 1.78 bits per heavy atom. The van der Waals surface area contributed by atoms with Crippen LogP contribution in [-0.4, -0.2) is 0 Å². The van der Waals surface area contributed by atoms with Crippen molar-refractivity contribution in [3.63, 3.8) is 0 Å². The molecule has 2 aromatic carbocycles. The van der Waals surface area contributed by atoms with E-state index in [1.807, 2.05) is 22.7 Å². The minimum absolute atomic E-state index is 1.41. The van der Waals surface area contributed by atoms with E-state index < -0.39 is 0 Å². The van der Waals surface area contributed by atoms with Crippen molar-refractivity contribution >= 4 is 52.2 Å². The van der Waals surface area contributed by atoms with E-state index in [0.29, 0.717) is 0 Å². The van der Waals surface area contributed by atoms with E-state index in [2.05, 4.69) is 54.5 Å². The molecule has 0 spiro atoms. The van der Waals surface area contributed by atoms with Gasteiger partial charge in [0.25, 0.3) is 0 Å². The van der Waals surface area contributed by atoms with Gasteiger partial charge in [-0.1, -0.05) is 0 Å². The molecule has 0 aliphatic carbocycles.